The van der Waals surface area contributed by atoms with Crippen molar-refractivity contribution in [3.8, 4) is 0 Å². The van der Waals surface area contributed by atoms with Crippen LogP contribution in [-0.4, -0.2) is 53.4 Å². The molecular formula is C17H22F3N3O. The highest BCUT2D eigenvalue weighted by Gasteiger charge is 2.32. The van der Waals surface area contributed by atoms with Crippen LogP contribution in [0.3, 0.4) is 0 Å². The van der Waals surface area contributed by atoms with E-state index in [1.807, 2.05) is 0 Å². The van der Waals surface area contributed by atoms with Gasteiger partial charge in [0.25, 0.3) is 0 Å². The molecule has 2 aliphatic rings. The number of aromatic nitrogens is 1. The van der Waals surface area contributed by atoms with Crippen molar-refractivity contribution < 1.29 is 18.0 Å². The molecule has 3 rings (SSSR count). The van der Waals surface area contributed by atoms with Crippen molar-refractivity contribution in [3.05, 3.63) is 29.6 Å². The lowest BCUT2D eigenvalue weighted by atomic mass is 10.1. The first-order valence-corrected chi connectivity index (χ1v) is 8.44. The van der Waals surface area contributed by atoms with Crippen molar-refractivity contribution in [1.82, 2.24) is 14.8 Å². The summed E-state index contributed by atoms with van der Waals surface area (Å²) < 4.78 is 38.2. The van der Waals surface area contributed by atoms with Crippen LogP contribution in [-0.2, 0) is 17.4 Å². The molecule has 3 heterocycles. The van der Waals surface area contributed by atoms with Crippen molar-refractivity contribution in [2.24, 2.45) is 5.92 Å². The summed E-state index contributed by atoms with van der Waals surface area (Å²) in [6.45, 7) is 4.69. The van der Waals surface area contributed by atoms with Crippen molar-refractivity contribution >= 4 is 5.91 Å². The summed E-state index contributed by atoms with van der Waals surface area (Å²) in [5, 5.41) is 0. The monoisotopic (exact) mass is 341 g/mol. The number of pyridine rings is 1. The topological polar surface area (TPSA) is 36.4 Å². The number of hydrogen-bond acceptors (Lipinski definition) is 3. The molecule has 2 fully saturated rings. The van der Waals surface area contributed by atoms with Gasteiger partial charge in [-0.3, -0.25) is 9.78 Å². The molecule has 1 amide bonds. The fourth-order valence-electron chi connectivity index (χ4n) is 3.56. The number of halogens is 3. The lowest BCUT2D eigenvalue weighted by Gasteiger charge is -2.20. The molecule has 0 radical (unpaired) electrons. The van der Waals surface area contributed by atoms with Crippen LogP contribution >= 0.6 is 0 Å². The number of rotatable bonds is 4. The number of carbonyl (C=O) groups is 1. The summed E-state index contributed by atoms with van der Waals surface area (Å²) in [6.07, 6.45) is 0.104. The molecule has 1 aromatic heterocycles. The molecule has 24 heavy (non-hydrogen) atoms. The Bertz CT molecular complexity index is 585. The van der Waals surface area contributed by atoms with Crippen LogP contribution < -0.4 is 0 Å². The summed E-state index contributed by atoms with van der Waals surface area (Å²) in [4.78, 5) is 20.5. The van der Waals surface area contributed by atoms with Gasteiger partial charge in [-0.05, 0) is 50.4 Å². The fraction of sp³-hybridized carbons (Fsp3) is 0.647. The van der Waals surface area contributed by atoms with Gasteiger partial charge in [0.2, 0.25) is 5.91 Å². The zero-order chi connectivity index (χ0) is 17.2. The van der Waals surface area contributed by atoms with E-state index in [4.69, 9.17) is 0 Å². The van der Waals surface area contributed by atoms with Crippen LogP contribution in [0.25, 0.3) is 0 Å². The third-order valence-corrected chi connectivity index (χ3v) is 4.83. The molecule has 2 saturated heterocycles. The van der Waals surface area contributed by atoms with Gasteiger partial charge in [-0.2, -0.15) is 13.2 Å². The Kier molecular flexibility index (Phi) is 5.08. The second-order valence-corrected chi connectivity index (χ2v) is 6.71. The van der Waals surface area contributed by atoms with Gasteiger partial charge in [-0.15, -0.1) is 0 Å². The molecule has 0 N–H and O–H groups in total. The summed E-state index contributed by atoms with van der Waals surface area (Å²) in [7, 11) is 0. The molecule has 0 aliphatic carbocycles. The molecule has 1 atom stereocenters. The van der Waals surface area contributed by atoms with Gasteiger partial charge in [0.05, 0.1) is 17.7 Å². The maximum absolute atomic E-state index is 12.7. The Labute approximate surface area is 139 Å². The lowest BCUT2D eigenvalue weighted by Crippen LogP contribution is -2.33. The van der Waals surface area contributed by atoms with Crippen molar-refractivity contribution in [1.29, 1.82) is 0 Å². The Morgan fingerprint density at radius 2 is 2.00 bits per heavy atom. The highest BCUT2D eigenvalue weighted by molar-refractivity contribution is 5.78. The molecule has 132 valence electrons. The Morgan fingerprint density at radius 3 is 2.71 bits per heavy atom. The van der Waals surface area contributed by atoms with E-state index in [0.717, 1.165) is 44.4 Å². The number of nitrogens with zero attached hydrogens (tertiary/aromatic N) is 3. The third-order valence-electron chi connectivity index (χ3n) is 4.83. The van der Waals surface area contributed by atoms with Crippen molar-refractivity contribution in [2.75, 3.05) is 32.7 Å². The number of amides is 1. The molecule has 0 aromatic carbocycles. The lowest BCUT2D eigenvalue weighted by molar-refractivity contribution is -0.138. The Morgan fingerprint density at radius 1 is 1.25 bits per heavy atom. The Hall–Kier alpha value is -1.63. The molecule has 1 aromatic rings. The second-order valence-electron chi connectivity index (χ2n) is 6.71. The molecule has 0 bridgehead atoms. The van der Waals surface area contributed by atoms with E-state index in [2.05, 4.69) is 9.88 Å². The maximum atomic E-state index is 12.7. The molecule has 0 spiro atoms. The first-order valence-electron chi connectivity index (χ1n) is 8.44. The molecule has 1 unspecified atom stereocenters. The smallest absolute Gasteiger partial charge is 0.342 e. The highest BCUT2D eigenvalue weighted by Crippen LogP contribution is 2.29. The second kappa shape index (κ2) is 7.09. The average Bonchev–Trinajstić information content (AvgIpc) is 3.19. The van der Waals surface area contributed by atoms with Gasteiger partial charge in [0.1, 0.15) is 0 Å². The van der Waals surface area contributed by atoms with Gasteiger partial charge in [0, 0.05) is 25.8 Å². The van der Waals surface area contributed by atoms with Gasteiger partial charge >= 0.3 is 6.18 Å². The van der Waals surface area contributed by atoms with E-state index < -0.39 is 11.7 Å². The predicted octanol–water partition coefficient (Wildman–Crippen LogP) is 2.59. The van der Waals surface area contributed by atoms with Crippen LogP contribution in [0.2, 0.25) is 0 Å². The molecular weight excluding hydrogens is 319 g/mol. The zero-order valence-corrected chi connectivity index (χ0v) is 13.6. The van der Waals surface area contributed by atoms with Gasteiger partial charge in [-0.1, -0.05) is 0 Å². The van der Waals surface area contributed by atoms with Crippen LogP contribution in [0, 0.1) is 5.92 Å². The normalized spacial score (nSPS) is 22.3. The predicted molar refractivity (Wildman–Crippen MR) is 83.3 cm³/mol. The third kappa shape index (κ3) is 4.26. The summed E-state index contributed by atoms with van der Waals surface area (Å²) >= 11 is 0. The number of hydrogen-bond donors (Lipinski definition) is 0. The van der Waals surface area contributed by atoms with E-state index in [0.29, 0.717) is 19.0 Å². The average molecular weight is 341 g/mol. The quantitative estimate of drug-likeness (QED) is 0.845. The minimum absolute atomic E-state index is 0.0691. The van der Waals surface area contributed by atoms with Crippen LogP contribution in [0.5, 0.6) is 0 Å². The van der Waals surface area contributed by atoms with Gasteiger partial charge < -0.3 is 9.80 Å². The van der Waals surface area contributed by atoms with E-state index in [1.54, 1.807) is 4.90 Å². The summed E-state index contributed by atoms with van der Waals surface area (Å²) in [5.41, 5.74) is -0.577. The first-order chi connectivity index (χ1) is 11.4. The van der Waals surface area contributed by atoms with E-state index >= 15 is 0 Å². The number of carbonyl (C=O) groups excluding carboxylic acids is 1. The SMILES string of the molecule is O=C(Cc1cc(C(F)(F)F)ccn1)N1CCC(CN2CCCC2)C1. The summed E-state index contributed by atoms with van der Waals surface area (Å²) in [6, 6.07) is 1.89. The van der Waals surface area contributed by atoms with Crippen LogP contribution in [0.15, 0.2) is 18.3 Å². The summed E-state index contributed by atoms with van der Waals surface area (Å²) in [5.74, 6) is 0.340. The first kappa shape index (κ1) is 17.2. The van der Waals surface area contributed by atoms with E-state index in [1.165, 1.54) is 12.8 Å². The zero-order valence-electron chi connectivity index (χ0n) is 13.6. The minimum Gasteiger partial charge on any atom is -0.342 e. The molecule has 7 heteroatoms. The molecule has 0 saturated carbocycles. The standard InChI is InChI=1S/C17H22F3N3O/c18-17(19,20)14-3-5-21-15(9-14)10-16(24)23-8-4-13(12-23)11-22-6-1-2-7-22/h3,5,9,13H,1-2,4,6-8,10-12H2. The van der Waals surface area contributed by atoms with Crippen molar-refractivity contribution in [3.63, 3.8) is 0 Å². The van der Waals surface area contributed by atoms with Crippen LogP contribution in [0.1, 0.15) is 30.5 Å². The van der Waals surface area contributed by atoms with Crippen LogP contribution in [0.4, 0.5) is 13.2 Å². The largest absolute Gasteiger partial charge is 0.416 e. The maximum Gasteiger partial charge on any atom is 0.416 e. The van der Waals surface area contributed by atoms with Gasteiger partial charge in [-0.25, -0.2) is 0 Å². The number of likely N-dealkylation sites (tertiary alicyclic amines) is 2. The fourth-order valence-corrected chi connectivity index (χ4v) is 3.56. The van der Waals surface area contributed by atoms with E-state index in [-0.39, 0.29) is 18.0 Å². The molecule has 4 nitrogen and oxygen atoms in total. The molecule has 2 aliphatic heterocycles. The van der Waals surface area contributed by atoms with E-state index in [9.17, 15) is 18.0 Å². The highest BCUT2D eigenvalue weighted by atomic mass is 19.4. The van der Waals surface area contributed by atoms with Gasteiger partial charge in [0.15, 0.2) is 0 Å². The minimum atomic E-state index is -4.41. The Balaban J connectivity index is 1.54. The number of alkyl halides is 3. The van der Waals surface area contributed by atoms with Crippen molar-refractivity contribution in [2.45, 2.75) is 31.9 Å².